The summed E-state index contributed by atoms with van der Waals surface area (Å²) < 4.78 is 19.0. The second kappa shape index (κ2) is 9.22. The summed E-state index contributed by atoms with van der Waals surface area (Å²) in [5.41, 5.74) is 3.80. The van der Waals surface area contributed by atoms with Gasteiger partial charge in [0, 0.05) is 18.8 Å². The molecule has 6 heteroatoms. The number of nitrogens with zero attached hydrogens (tertiary/aromatic N) is 1. The van der Waals surface area contributed by atoms with E-state index >= 15 is 0 Å². The van der Waals surface area contributed by atoms with E-state index in [4.69, 9.17) is 4.74 Å². The lowest BCUT2D eigenvalue weighted by Gasteiger charge is -2.16. The van der Waals surface area contributed by atoms with Crippen LogP contribution in [-0.4, -0.2) is 36.0 Å². The summed E-state index contributed by atoms with van der Waals surface area (Å²) in [5, 5.41) is 3.17. The Morgan fingerprint density at radius 3 is 2.40 bits per heavy atom. The second-order valence-corrected chi connectivity index (χ2v) is 7.66. The number of nitrogens with one attached hydrogen (secondary N) is 1. The molecular weight excluding hydrogens is 383 g/mol. The van der Waals surface area contributed by atoms with Gasteiger partial charge in [0.2, 0.25) is 0 Å². The lowest BCUT2D eigenvalue weighted by molar-refractivity contribution is -0.137. The van der Waals surface area contributed by atoms with Crippen LogP contribution in [0, 0.1) is 19.7 Å². The Kier molecular flexibility index (Phi) is 6.67. The highest BCUT2D eigenvalue weighted by Gasteiger charge is 2.39. The molecule has 0 saturated heterocycles. The minimum atomic E-state index is -0.400. The average Bonchev–Trinajstić information content (AvgIpc) is 2.93. The van der Waals surface area contributed by atoms with Gasteiger partial charge in [0.1, 0.15) is 11.5 Å². The van der Waals surface area contributed by atoms with Gasteiger partial charge in [-0.25, -0.2) is 4.39 Å². The van der Waals surface area contributed by atoms with E-state index in [0.717, 1.165) is 16.8 Å². The lowest BCUT2D eigenvalue weighted by Crippen LogP contribution is -2.34. The van der Waals surface area contributed by atoms with Gasteiger partial charge < -0.3 is 10.1 Å². The van der Waals surface area contributed by atoms with Crippen LogP contribution in [0.2, 0.25) is 0 Å². The first kappa shape index (κ1) is 21.7. The normalized spacial score (nSPS) is 14.3. The van der Waals surface area contributed by atoms with Gasteiger partial charge >= 0.3 is 0 Å². The highest BCUT2D eigenvalue weighted by Crippen LogP contribution is 2.32. The van der Waals surface area contributed by atoms with Crippen molar-refractivity contribution in [2.45, 2.75) is 40.2 Å². The Balaban J connectivity index is 1.94. The molecule has 1 N–H and O–H groups in total. The van der Waals surface area contributed by atoms with E-state index in [-0.39, 0.29) is 35.7 Å². The lowest BCUT2D eigenvalue weighted by atomic mass is 10.0. The smallest absolute Gasteiger partial charge is 0.278 e. The van der Waals surface area contributed by atoms with E-state index in [2.05, 4.69) is 5.32 Å². The molecule has 1 heterocycles. The van der Waals surface area contributed by atoms with Crippen molar-refractivity contribution in [3.8, 4) is 0 Å². The summed E-state index contributed by atoms with van der Waals surface area (Å²) in [6, 6.07) is 11.4. The van der Waals surface area contributed by atoms with Gasteiger partial charge in [-0.1, -0.05) is 24.3 Å². The van der Waals surface area contributed by atoms with E-state index in [1.54, 1.807) is 0 Å². The van der Waals surface area contributed by atoms with Crippen LogP contribution in [0.3, 0.4) is 0 Å². The zero-order valence-electron chi connectivity index (χ0n) is 17.8. The minimum Gasteiger partial charge on any atom is -0.379 e. The molecule has 2 amide bonds. The first-order valence-corrected chi connectivity index (χ1v) is 10.1. The molecule has 0 aliphatic carbocycles. The molecule has 2 aromatic rings. The summed E-state index contributed by atoms with van der Waals surface area (Å²) in [6.07, 6.45) is 0.632. The maximum absolute atomic E-state index is 13.4. The zero-order chi connectivity index (χ0) is 21.8. The number of ether oxygens (including phenoxy) is 1. The topological polar surface area (TPSA) is 58.6 Å². The van der Waals surface area contributed by atoms with Crippen LogP contribution >= 0.6 is 0 Å². The molecule has 0 spiro atoms. The number of rotatable bonds is 8. The van der Waals surface area contributed by atoms with E-state index in [1.165, 1.54) is 29.2 Å². The van der Waals surface area contributed by atoms with E-state index < -0.39 is 5.82 Å². The number of aryl methyl sites for hydroxylation is 1. The number of carbonyl (C=O) groups excluding carboxylic acids is 2. The molecule has 0 saturated carbocycles. The van der Waals surface area contributed by atoms with Gasteiger partial charge in [-0.05, 0) is 69.0 Å². The largest absolute Gasteiger partial charge is 0.379 e. The van der Waals surface area contributed by atoms with Gasteiger partial charge in [0.25, 0.3) is 11.8 Å². The Morgan fingerprint density at radius 2 is 1.73 bits per heavy atom. The van der Waals surface area contributed by atoms with Gasteiger partial charge in [-0.3, -0.25) is 14.5 Å². The van der Waals surface area contributed by atoms with Crippen molar-refractivity contribution in [2.75, 3.05) is 18.5 Å². The number of amides is 2. The molecular formula is C24H27FN2O3. The first-order chi connectivity index (χ1) is 14.3. The van der Waals surface area contributed by atoms with E-state index in [0.29, 0.717) is 18.6 Å². The fraction of sp³-hybridized carbons (Fsp3) is 0.333. The van der Waals surface area contributed by atoms with Crippen LogP contribution in [-0.2, 0) is 14.3 Å². The molecule has 158 valence electrons. The molecule has 30 heavy (non-hydrogen) atoms. The summed E-state index contributed by atoms with van der Waals surface area (Å²) >= 11 is 0. The fourth-order valence-electron chi connectivity index (χ4n) is 3.34. The molecule has 0 fully saturated rings. The third-order valence-electron chi connectivity index (χ3n) is 5.14. The van der Waals surface area contributed by atoms with Crippen LogP contribution < -0.4 is 5.32 Å². The summed E-state index contributed by atoms with van der Waals surface area (Å²) in [6.45, 7) is 8.53. The average molecular weight is 410 g/mol. The molecule has 0 unspecified atom stereocenters. The highest BCUT2D eigenvalue weighted by atomic mass is 19.1. The number of carbonyl (C=O) groups is 2. The van der Waals surface area contributed by atoms with Gasteiger partial charge in [-0.2, -0.15) is 0 Å². The number of hydrogen-bond acceptors (Lipinski definition) is 4. The van der Waals surface area contributed by atoms with Gasteiger partial charge in [-0.15, -0.1) is 0 Å². The molecule has 3 rings (SSSR count). The van der Waals surface area contributed by atoms with Crippen molar-refractivity contribution in [1.29, 1.82) is 0 Å². The van der Waals surface area contributed by atoms with Crippen LogP contribution in [0.4, 0.5) is 10.1 Å². The van der Waals surface area contributed by atoms with Crippen molar-refractivity contribution in [3.63, 3.8) is 0 Å². The van der Waals surface area contributed by atoms with Crippen LogP contribution in [0.25, 0.3) is 5.57 Å². The highest BCUT2D eigenvalue weighted by molar-refractivity contribution is 6.36. The third kappa shape index (κ3) is 4.60. The number of hydrogen-bond donors (Lipinski definition) is 1. The quantitative estimate of drug-likeness (QED) is 0.516. The third-order valence-corrected chi connectivity index (χ3v) is 5.14. The van der Waals surface area contributed by atoms with Gasteiger partial charge in [0.15, 0.2) is 0 Å². The second-order valence-electron chi connectivity index (χ2n) is 7.66. The number of benzene rings is 2. The molecule has 2 aromatic carbocycles. The Hall–Kier alpha value is -2.99. The van der Waals surface area contributed by atoms with Crippen molar-refractivity contribution >= 4 is 23.1 Å². The SMILES string of the molecule is Cc1cccc(NC2=C(c3ccc(F)cc3)C(=O)N(CCCOC(C)C)C2=O)c1C. The van der Waals surface area contributed by atoms with Crippen LogP contribution in [0.5, 0.6) is 0 Å². The minimum absolute atomic E-state index is 0.0874. The Morgan fingerprint density at radius 1 is 1.03 bits per heavy atom. The molecule has 0 radical (unpaired) electrons. The predicted octanol–water partition coefficient (Wildman–Crippen LogP) is 4.45. The summed E-state index contributed by atoms with van der Waals surface area (Å²) in [5.74, 6) is -1.17. The zero-order valence-corrected chi connectivity index (χ0v) is 17.8. The summed E-state index contributed by atoms with van der Waals surface area (Å²) in [4.78, 5) is 27.6. The van der Waals surface area contributed by atoms with Crippen LogP contribution in [0.1, 0.15) is 37.0 Å². The molecule has 0 bridgehead atoms. The molecule has 1 aliphatic rings. The maximum atomic E-state index is 13.4. The fourth-order valence-corrected chi connectivity index (χ4v) is 3.34. The van der Waals surface area contributed by atoms with Gasteiger partial charge in [0.05, 0.1) is 11.7 Å². The number of halogens is 1. The predicted molar refractivity (Wildman–Crippen MR) is 115 cm³/mol. The molecule has 5 nitrogen and oxygen atoms in total. The number of imide groups is 1. The van der Waals surface area contributed by atoms with Crippen LogP contribution in [0.15, 0.2) is 48.2 Å². The maximum Gasteiger partial charge on any atom is 0.278 e. The number of anilines is 1. The van der Waals surface area contributed by atoms with E-state index in [1.807, 2.05) is 45.9 Å². The molecule has 0 aromatic heterocycles. The van der Waals surface area contributed by atoms with E-state index in [9.17, 15) is 14.0 Å². The Bertz CT molecular complexity index is 980. The Labute approximate surface area is 176 Å². The standard InChI is InChI=1S/C24H27FN2O3/c1-15(2)30-14-6-13-27-23(28)21(18-9-11-19(25)12-10-18)22(24(27)29)26-20-8-5-7-16(3)17(20)4/h5,7-12,15,26H,6,13-14H2,1-4H3. The molecule has 0 atom stereocenters. The summed E-state index contributed by atoms with van der Waals surface area (Å²) in [7, 11) is 0. The van der Waals surface area contributed by atoms with Crippen molar-refractivity contribution < 1.29 is 18.7 Å². The molecule has 1 aliphatic heterocycles. The van der Waals surface area contributed by atoms with Crippen molar-refractivity contribution in [1.82, 2.24) is 4.90 Å². The van der Waals surface area contributed by atoms with Crippen molar-refractivity contribution in [3.05, 3.63) is 70.7 Å². The van der Waals surface area contributed by atoms with Crippen molar-refractivity contribution in [2.24, 2.45) is 0 Å². The monoisotopic (exact) mass is 410 g/mol. The first-order valence-electron chi connectivity index (χ1n) is 10.1.